The highest BCUT2D eigenvalue weighted by Gasteiger charge is 2.46. The number of likely N-dealkylation sites (N-methyl/N-ethyl adjacent to an activating group) is 1. The van der Waals surface area contributed by atoms with Gasteiger partial charge in [-0.25, -0.2) is 9.37 Å². The molecular weight excluding hydrogens is 869 g/mol. The Bertz CT molecular complexity index is 2640. The predicted octanol–water partition coefficient (Wildman–Crippen LogP) is 5.83. The summed E-state index contributed by atoms with van der Waals surface area (Å²) in [5.41, 5.74) is 2.16. The number of aromatic nitrogens is 3. The lowest BCUT2D eigenvalue weighted by Crippen LogP contribution is -2.55. The number of hydrogen-bond acceptors (Lipinski definition) is 12. The summed E-state index contributed by atoms with van der Waals surface area (Å²) < 4.78 is 30.2. The molecule has 1 saturated carbocycles. The number of rotatable bonds is 12. The molecule has 4 amide bonds. The number of imide groups is 1. The molecule has 3 saturated heterocycles. The van der Waals surface area contributed by atoms with Crippen LogP contribution in [-0.4, -0.2) is 112 Å². The number of carbonyl (C=O) groups excluding carboxylic acids is 4. The van der Waals surface area contributed by atoms with E-state index in [0.717, 1.165) is 69.2 Å². The molecule has 2 aromatic heterocycles. The highest BCUT2D eigenvalue weighted by atomic mass is 35.5. The van der Waals surface area contributed by atoms with Crippen LogP contribution in [0.15, 0.2) is 47.4 Å². The number of halogens is 2. The van der Waals surface area contributed by atoms with Gasteiger partial charge in [0.05, 0.1) is 30.5 Å². The SMILES string of the molecule is CNC(=O)COc1cc2cc(Nc3nc(N4CCC(O[C@H]5C[C@H](N6CC[C@@H](c7ccc8c(c7F)CN(C7CCC(=O)NC7=O)C8=O)C(C)(C)C6)C5)CC4)ncc3Cl)ccc2n(C(C)C)c1=O. The quantitative estimate of drug-likeness (QED) is 0.145. The lowest BCUT2D eigenvalue weighted by molar-refractivity contribution is -0.137. The van der Waals surface area contributed by atoms with Crippen LogP contribution in [0.5, 0.6) is 5.75 Å². The second-order valence-corrected chi connectivity index (χ2v) is 19.7. The summed E-state index contributed by atoms with van der Waals surface area (Å²) in [5, 5.41) is 9.25. The summed E-state index contributed by atoms with van der Waals surface area (Å²) in [6.45, 7) is 11.1. The monoisotopic (exact) mass is 925 g/mol. The molecule has 2 atom stereocenters. The van der Waals surface area contributed by atoms with E-state index >= 15 is 4.39 Å². The van der Waals surface area contributed by atoms with Crippen LogP contribution in [0.25, 0.3) is 10.9 Å². The third kappa shape index (κ3) is 8.84. The number of fused-ring (bicyclic) bond motifs is 2. The van der Waals surface area contributed by atoms with Gasteiger partial charge in [0.25, 0.3) is 17.4 Å². The smallest absolute Gasteiger partial charge is 0.293 e. The molecule has 0 bridgehead atoms. The second-order valence-electron chi connectivity index (χ2n) is 19.3. The highest BCUT2D eigenvalue weighted by molar-refractivity contribution is 6.33. The number of piperidine rings is 3. The molecular formula is C48H57ClFN9O7. The Labute approximate surface area is 387 Å². The minimum atomic E-state index is -0.782. The number of anilines is 3. The van der Waals surface area contributed by atoms with Crippen LogP contribution in [0.1, 0.15) is 106 Å². The van der Waals surface area contributed by atoms with Crippen molar-refractivity contribution in [2.24, 2.45) is 5.41 Å². The van der Waals surface area contributed by atoms with E-state index in [1.54, 1.807) is 29.0 Å². The lowest BCUT2D eigenvalue weighted by Gasteiger charge is -2.51. The molecule has 3 N–H and O–H groups in total. The molecule has 2 aromatic carbocycles. The van der Waals surface area contributed by atoms with Crippen molar-refractivity contribution < 1.29 is 33.0 Å². The van der Waals surface area contributed by atoms with E-state index in [-0.39, 0.29) is 90.4 Å². The maximum atomic E-state index is 16.3. The first kappa shape index (κ1) is 45.5. The number of nitrogens with one attached hydrogen (secondary N) is 3. The second kappa shape index (κ2) is 18.2. The van der Waals surface area contributed by atoms with E-state index in [2.05, 4.69) is 44.6 Å². The predicted molar refractivity (Wildman–Crippen MR) is 247 cm³/mol. The van der Waals surface area contributed by atoms with Crippen molar-refractivity contribution in [2.45, 2.75) is 115 Å². The van der Waals surface area contributed by atoms with Crippen molar-refractivity contribution in [2.75, 3.05) is 50.1 Å². The van der Waals surface area contributed by atoms with Gasteiger partial charge < -0.3 is 34.5 Å². The van der Waals surface area contributed by atoms with Gasteiger partial charge in [0, 0.05) is 67.4 Å². The zero-order valence-electron chi connectivity index (χ0n) is 38.0. The van der Waals surface area contributed by atoms with Crippen LogP contribution >= 0.6 is 11.6 Å². The van der Waals surface area contributed by atoms with Crippen molar-refractivity contribution in [1.82, 2.24) is 35.0 Å². The van der Waals surface area contributed by atoms with Crippen LogP contribution in [0.4, 0.5) is 21.8 Å². The van der Waals surface area contributed by atoms with Crippen LogP contribution in [0.2, 0.25) is 5.02 Å². The van der Waals surface area contributed by atoms with Crippen LogP contribution in [-0.2, 0) is 25.7 Å². The molecule has 4 aromatic rings. The van der Waals surface area contributed by atoms with Crippen LogP contribution < -0.4 is 31.1 Å². The number of nitrogens with zero attached hydrogens (tertiary/aromatic N) is 6. The third-order valence-corrected chi connectivity index (χ3v) is 14.4. The summed E-state index contributed by atoms with van der Waals surface area (Å²) in [6.07, 6.45) is 6.68. The average Bonchev–Trinajstić information content (AvgIpc) is 3.60. The maximum absolute atomic E-state index is 16.3. The van der Waals surface area contributed by atoms with Crippen LogP contribution in [0.3, 0.4) is 0 Å². The summed E-state index contributed by atoms with van der Waals surface area (Å²) in [4.78, 5) is 78.1. The Morgan fingerprint density at radius 1 is 1.02 bits per heavy atom. The first-order valence-electron chi connectivity index (χ1n) is 23.0. The molecule has 9 rings (SSSR count). The average molecular weight is 926 g/mol. The van der Waals surface area contributed by atoms with Crippen molar-refractivity contribution >= 4 is 63.6 Å². The number of hydrogen-bond donors (Lipinski definition) is 3. The van der Waals surface area contributed by atoms with E-state index in [4.69, 9.17) is 26.1 Å². The van der Waals surface area contributed by atoms with Gasteiger partial charge in [-0.05, 0) is 106 Å². The summed E-state index contributed by atoms with van der Waals surface area (Å²) in [7, 11) is 1.51. The molecule has 0 radical (unpaired) electrons. The molecule has 1 aliphatic carbocycles. The normalized spacial score (nSPS) is 23.5. The molecule has 66 heavy (non-hydrogen) atoms. The number of carbonyl (C=O) groups is 4. The minimum Gasteiger partial charge on any atom is -0.478 e. The van der Waals surface area contributed by atoms with Crippen molar-refractivity contribution in [1.29, 1.82) is 0 Å². The van der Waals surface area contributed by atoms with E-state index in [1.165, 1.54) is 11.9 Å². The van der Waals surface area contributed by atoms with Gasteiger partial charge in [0.2, 0.25) is 17.8 Å². The van der Waals surface area contributed by atoms with Crippen molar-refractivity contribution in [3.8, 4) is 5.75 Å². The topological polar surface area (TPSA) is 180 Å². The van der Waals surface area contributed by atoms with E-state index in [9.17, 15) is 24.0 Å². The molecule has 18 heteroatoms. The number of benzene rings is 2. The number of ether oxygens (including phenoxy) is 2. The van der Waals surface area contributed by atoms with E-state index < -0.39 is 11.9 Å². The van der Waals surface area contributed by atoms with Gasteiger partial charge in [0.15, 0.2) is 18.2 Å². The first-order valence-corrected chi connectivity index (χ1v) is 23.4. The Hall–Kier alpha value is -5.65. The van der Waals surface area contributed by atoms with Gasteiger partial charge >= 0.3 is 0 Å². The minimum absolute atomic E-state index is 0.0245. The van der Waals surface area contributed by atoms with E-state index in [0.29, 0.717) is 45.2 Å². The van der Waals surface area contributed by atoms with Gasteiger partial charge in [-0.15, -0.1) is 0 Å². The fourth-order valence-corrected chi connectivity index (χ4v) is 10.7. The zero-order chi connectivity index (χ0) is 46.6. The lowest BCUT2D eigenvalue weighted by atomic mass is 9.69. The summed E-state index contributed by atoms with van der Waals surface area (Å²) in [6, 6.07) is 10.2. The molecule has 16 nitrogen and oxygen atoms in total. The molecule has 0 spiro atoms. The zero-order valence-corrected chi connectivity index (χ0v) is 38.8. The molecule has 4 aliphatic heterocycles. The number of pyridine rings is 1. The standard InChI is InChI=1S/C48H57ClFN9O7/c1-26(2)59-37-9-6-28(18-27(37)19-39(46(59)64)65-24-41(61)51-5)53-43-36(49)22-52-47(55-43)56-15-12-30(13-16-56)66-31-20-29(21-31)57-17-14-35(48(3,4)25-57)33-8-7-32-34(42(33)50)23-58(45(32)63)38-10-11-40(60)54-44(38)62/h6-9,18-19,22,26,29-31,35,38H,10-17,20-21,23-25H2,1-5H3,(H,51,61)(H,52,53,55)(H,54,60,62)/t29-,31-,35-,38?/m0/s1. The number of likely N-dealkylation sites (tertiary alicyclic amines) is 1. The summed E-state index contributed by atoms with van der Waals surface area (Å²) in [5.74, 6) is -0.846. The Morgan fingerprint density at radius 3 is 2.50 bits per heavy atom. The van der Waals surface area contributed by atoms with Crippen molar-refractivity contribution in [3.05, 3.63) is 80.5 Å². The van der Waals surface area contributed by atoms with Crippen LogP contribution in [0, 0.1) is 11.2 Å². The highest BCUT2D eigenvalue weighted by Crippen LogP contribution is 2.47. The number of amides is 4. The first-order chi connectivity index (χ1) is 31.6. The van der Waals surface area contributed by atoms with Gasteiger partial charge in [-0.1, -0.05) is 31.5 Å². The van der Waals surface area contributed by atoms with Crippen molar-refractivity contribution in [3.63, 3.8) is 0 Å². The largest absolute Gasteiger partial charge is 0.478 e. The molecule has 4 fully saturated rings. The Balaban J connectivity index is 0.767. The molecule has 5 aliphatic rings. The molecule has 1 unspecified atom stereocenters. The van der Waals surface area contributed by atoms with Gasteiger partial charge in [0.1, 0.15) is 16.9 Å². The maximum Gasteiger partial charge on any atom is 0.293 e. The van der Waals surface area contributed by atoms with Gasteiger partial charge in [-0.3, -0.25) is 34.2 Å². The summed E-state index contributed by atoms with van der Waals surface area (Å²) >= 11 is 6.61. The van der Waals surface area contributed by atoms with Gasteiger partial charge in [-0.2, -0.15) is 4.98 Å². The van der Waals surface area contributed by atoms with E-state index in [1.807, 2.05) is 32.0 Å². The third-order valence-electron chi connectivity index (χ3n) is 14.2. The Morgan fingerprint density at radius 2 is 1.79 bits per heavy atom. The Kier molecular flexibility index (Phi) is 12.6. The molecule has 350 valence electrons. The fourth-order valence-electron chi connectivity index (χ4n) is 10.6. The molecule has 6 heterocycles. The fraction of sp³-hybridized carbons (Fsp3) is 0.521.